The van der Waals surface area contributed by atoms with E-state index in [4.69, 9.17) is 0 Å². The zero-order valence-electron chi connectivity index (χ0n) is 11.6. The molecule has 8 heteroatoms. The summed E-state index contributed by atoms with van der Waals surface area (Å²) in [5, 5.41) is 7.44. The summed E-state index contributed by atoms with van der Waals surface area (Å²) in [7, 11) is -2.87. The van der Waals surface area contributed by atoms with Gasteiger partial charge >= 0.3 is 0 Å². The van der Waals surface area contributed by atoms with Gasteiger partial charge in [0.15, 0.2) is 0 Å². The smallest absolute Gasteiger partial charge is 0.283 e. The van der Waals surface area contributed by atoms with Crippen LogP contribution in [0.5, 0.6) is 0 Å². The molecule has 1 N–H and O–H groups in total. The Balaban J connectivity index is 1.71. The molecule has 21 heavy (non-hydrogen) atoms. The second-order valence-corrected chi connectivity index (χ2v) is 8.97. The fourth-order valence-corrected chi connectivity index (χ4v) is 4.41. The van der Waals surface area contributed by atoms with Crippen molar-refractivity contribution in [1.82, 2.24) is 9.78 Å². The third kappa shape index (κ3) is 3.66. The first kappa shape index (κ1) is 15.0. The second kappa shape index (κ2) is 5.72. The highest BCUT2D eigenvalue weighted by atomic mass is 79.9. The van der Waals surface area contributed by atoms with Gasteiger partial charge in [-0.25, -0.2) is 13.1 Å². The van der Waals surface area contributed by atoms with Gasteiger partial charge < -0.3 is 5.32 Å². The Morgan fingerprint density at radius 3 is 2.57 bits per heavy atom. The third-order valence-electron chi connectivity index (χ3n) is 4.03. The first-order chi connectivity index (χ1) is 9.94. The zero-order chi connectivity index (χ0) is 15.0. The lowest BCUT2D eigenvalue weighted by atomic mass is 10.1. The molecule has 0 unspecified atom stereocenters. The van der Waals surface area contributed by atoms with Crippen LogP contribution in [0.15, 0.2) is 15.5 Å². The van der Waals surface area contributed by atoms with Crippen molar-refractivity contribution < 1.29 is 8.42 Å². The molecule has 1 saturated carbocycles. The van der Waals surface area contributed by atoms with Gasteiger partial charge in [0.25, 0.3) is 5.56 Å². The average Bonchev–Trinajstić information content (AvgIpc) is 3.24. The molecule has 6 nitrogen and oxygen atoms in total. The van der Waals surface area contributed by atoms with Crippen molar-refractivity contribution in [3.05, 3.63) is 21.0 Å². The number of anilines is 1. The van der Waals surface area contributed by atoms with E-state index in [9.17, 15) is 13.2 Å². The van der Waals surface area contributed by atoms with Crippen LogP contribution in [0, 0.1) is 5.92 Å². The van der Waals surface area contributed by atoms with Crippen molar-refractivity contribution in [2.75, 3.05) is 16.8 Å². The van der Waals surface area contributed by atoms with Gasteiger partial charge in [0, 0.05) is 12.6 Å². The molecule has 0 atom stereocenters. The lowest BCUT2D eigenvalue weighted by Gasteiger charge is -2.24. The van der Waals surface area contributed by atoms with Crippen molar-refractivity contribution in [3.63, 3.8) is 0 Å². The van der Waals surface area contributed by atoms with E-state index in [-0.39, 0.29) is 23.1 Å². The monoisotopic (exact) mass is 375 g/mol. The Labute approximate surface area is 132 Å². The van der Waals surface area contributed by atoms with E-state index in [0.29, 0.717) is 35.5 Å². The summed E-state index contributed by atoms with van der Waals surface area (Å²) in [4.78, 5) is 12.2. The summed E-state index contributed by atoms with van der Waals surface area (Å²) in [5.74, 6) is 0.993. The van der Waals surface area contributed by atoms with Gasteiger partial charge in [0.2, 0.25) is 0 Å². The zero-order valence-corrected chi connectivity index (χ0v) is 14.0. The lowest BCUT2D eigenvalue weighted by Crippen LogP contribution is -2.33. The molecule has 1 aromatic heterocycles. The van der Waals surface area contributed by atoms with Crippen molar-refractivity contribution in [3.8, 4) is 0 Å². The second-order valence-electron chi connectivity index (χ2n) is 5.87. The van der Waals surface area contributed by atoms with Crippen LogP contribution in [0.4, 0.5) is 5.69 Å². The van der Waals surface area contributed by atoms with Gasteiger partial charge in [0.05, 0.1) is 23.4 Å². The Morgan fingerprint density at radius 2 is 1.95 bits per heavy atom. The van der Waals surface area contributed by atoms with Crippen LogP contribution in [0.25, 0.3) is 0 Å². The van der Waals surface area contributed by atoms with Crippen LogP contribution in [-0.2, 0) is 16.4 Å². The molecule has 0 bridgehead atoms. The first-order valence-corrected chi connectivity index (χ1v) is 9.78. The SMILES string of the molecule is O=c1c(Br)c(NC2CCS(=O)(=O)CC2)cnn1CC1CC1. The highest BCUT2D eigenvalue weighted by Gasteiger charge is 2.25. The molecule has 2 aliphatic rings. The Hall–Kier alpha value is -0.890. The summed E-state index contributed by atoms with van der Waals surface area (Å²) in [6.45, 7) is 0.680. The Morgan fingerprint density at radius 1 is 1.29 bits per heavy atom. The van der Waals surface area contributed by atoms with Gasteiger partial charge in [-0.3, -0.25) is 4.79 Å². The van der Waals surface area contributed by atoms with Crippen molar-refractivity contribution in [2.24, 2.45) is 5.92 Å². The maximum Gasteiger partial charge on any atom is 0.283 e. The van der Waals surface area contributed by atoms with E-state index in [0.717, 1.165) is 0 Å². The van der Waals surface area contributed by atoms with Crippen molar-refractivity contribution in [1.29, 1.82) is 0 Å². The molecule has 0 aromatic carbocycles. The van der Waals surface area contributed by atoms with E-state index in [1.165, 1.54) is 17.5 Å². The largest absolute Gasteiger partial charge is 0.380 e. The van der Waals surface area contributed by atoms with Crippen LogP contribution in [0.1, 0.15) is 25.7 Å². The van der Waals surface area contributed by atoms with Gasteiger partial charge in [0.1, 0.15) is 14.3 Å². The Bertz CT molecular complexity index is 683. The molecule has 2 heterocycles. The summed E-state index contributed by atoms with van der Waals surface area (Å²) in [5.41, 5.74) is 0.520. The van der Waals surface area contributed by atoms with E-state index in [1.54, 1.807) is 6.20 Å². The summed E-state index contributed by atoms with van der Waals surface area (Å²) >= 11 is 3.34. The normalized spacial score (nSPS) is 22.1. The van der Waals surface area contributed by atoms with E-state index in [2.05, 4.69) is 26.3 Å². The van der Waals surface area contributed by atoms with E-state index >= 15 is 0 Å². The molecule has 1 aromatic rings. The highest BCUT2D eigenvalue weighted by Crippen LogP contribution is 2.30. The minimum Gasteiger partial charge on any atom is -0.380 e. The fraction of sp³-hybridized carbons (Fsp3) is 0.692. The van der Waals surface area contributed by atoms with E-state index < -0.39 is 9.84 Å². The van der Waals surface area contributed by atoms with Crippen LogP contribution < -0.4 is 10.9 Å². The Kier molecular flexibility index (Phi) is 4.09. The number of aromatic nitrogens is 2. The molecule has 0 spiro atoms. The van der Waals surface area contributed by atoms with E-state index in [1.807, 2.05) is 0 Å². The highest BCUT2D eigenvalue weighted by molar-refractivity contribution is 9.10. The maximum absolute atomic E-state index is 12.2. The van der Waals surface area contributed by atoms with Crippen LogP contribution >= 0.6 is 15.9 Å². The number of rotatable bonds is 4. The molecular formula is C13H18BrN3O3S. The van der Waals surface area contributed by atoms with Crippen LogP contribution in [0.2, 0.25) is 0 Å². The van der Waals surface area contributed by atoms with Gasteiger partial charge in [-0.15, -0.1) is 0 Å². The van der Waals surface area contributed by atoms with Gasteiger partial charge in [-0.2, -0.15) is 5.10 Å². The van der Waals surface area contributed by atoms with Gasteiger partial charge in [-0.1, -0.05) is 0 Å². The molecule has 1 aliphatic carbocycles. The predicted molar refractivity (Wildman–Crippen MR) is 84.2 cm³/mol. The number of nitrogens with one attached hydrogen (secondary N) is 1. The topological polar surface area (TPSA) is 81.1 Å². The minimum atomic E-state index is -2.87. The summed E-state index contributed by atoms with van der Waals surface area (Å²) < 4.78 is 24.8. The molecule has 3 rings (SSSR count). The molecule has 0 radical (unpaired) electrons. The molecule has 1 aliphatic heterocycles. The number of nitrogens with zero attached hydrogens (tertiary/aromatic N) is 2. The fourth-order valence-electron chi connectivity index (χ4n) is 2.50. The van der Waals surface area contributed by atoms with Crippen molar-refractivity contribution in [2.45, 2.75) is 38.3 Å². The molecule has 1 saturated heterocycles. The molecule has 2 fully saturated rings. The first-order valence-electron chi connectivity index (χ1n) is 7.17. The summed E-state index contributed by atoms with van der Waals surface area (Å²) in [6, 6.07) is 0.0744. The molecular weight excluding hydrogens is 358 g/mol. The predicted octanol–water partition coefficient (Wildman–Crippen LogP) is 1.40. The number of sulfone groups is 1. The van der Waals surface area contributed by atoms with Crippen LogP contribution in [-0.4, -0.2) is 35.7 Å². The summed E-state index contributed by atoms with van der Waals surface area (Å²) in [6.07, 6.45) is 5.13. The lowest BCUT2D eigenvalue weighted by molar-refractivity contribution is 0.530. The maximum atomic E-state index is 12.2. The van der Waals surface area contributed by atoms with Crippen LogP contribution in [0.3, 0.4) is 0 Å². The minimum absolute atomic E-state index is 0.0744. The molecule has 0 amide bonds. The molecule has 116 valence electrons. The van der Waals surface area contributed by atoms with Gasteiger partial charge in [-0.05, 0) is 47.5 Å². The van der Waals surface area contributed by atoms with Crippen molar-refractivity contribution >= 4 is 31.5 Å². The quantitative estimate of drug-likeness (QED) is 0.859. The number of halogens is 1. The average molecular weight is 376 g/mol. The number of hydrogen-bond donors (Lipinski definition) is 1. The third-order valence-corrected chi connectivity index (χ3v) is 6.51. The number of hydrogen-bond acceptors (Lipinski definition) is 5. The standard InChI is InChI=1S/C13H18BrN3O3S/c14-12-11(16-10-3-5-21(19,20)6-4-10)7-15-17(13(12)18)8-9-1-2-9/h7,9-10,16H,1-6,8H2.